The van der Waals surface area contributed by atoms with Crippen LogP contribution in [-0.2, 0) is 7.05 Å². The monoisotopic (exact) mass is 656 g/mol. The van der Waals surface area contributed by atoms with Gasteiger partial charge in [0.15, 0.2) is 22.2 Å². The molecular formula is C44H38N3OS+. The van der Waals surface area contributed by atoms with Crippen LogP contribution in [-0.4, -0.2) is 9.55 Å². The minimum absolute atomic E-state index is 0.297. The summed E-state index contributed by atoms with van der Waals surface area (Å²) in [5, 5.41) is 3.41. The van der Waals surface area contributed by atoms with Crippen LogP contribution in [0.3, 0.4) is 0 Å². The maximum atomic E-state index is 6.93. The molecule has 5 heteroatoms. The molecule has 0 radical (unpaired) electrons. The van der Waals surface area contributed by atoms with E-state index in [1.807, 2.05) is 0 Å². The summed E-state index contributed by atoms with van der Waals surface area (Å²) in [6, 6.07) is 39.5. The van der Waals surface area contributed by atoms with E-state index < -0.39 is 0 Å². The second-order valence-corrected chi connectivity index (χ2v) is 14.9. The number of fused-ring (bicyclic) bond motifs is 7. The van der Waals surface area contributed by atoms with Crippen molar-refractivity contribution in [1.29, 1.82) is 0 Å². The number of nitrogens with zero attached hydrogens (tertiary/aromatic N) is 3. The number of pyridine rings is 1. The van der Waals surface area contributed by atoms with Crippen molar-refractivity contribution in [3.63, 3.8) is 0 Å². The Hall–Kier alpha value is -5.26. The first-order valence-electron chi connectivity index (χ1n) is 17.2. The molecule has 0 saturated heterocycles. The van der Waals surface area contributed by atoms with Crippen molar-refractivity contribution in [2.75, 3.05) is 0 Å². The Morgan fingerprint density at radius 1 is 0.714 bits per heavy atom. The SMILES string of the molecule is Cc1ccc2c(oc3cc4c(nc32)sc2ccccc24)c1-c1n(-c2c(C(C)C)cc(-c3ccccc3)cc2C(C)C)c2ccccc2[n+]1C. The molecule has 0 aliphatic rings. The first-order valence-corrected chi connectivity index (χ1v) is 18.0. The van der Waals surface area contributed by atoms with Crippen molar-refractivity contribution >= 4 is 64.7 Å². The molecular weight excluding hydrogens is 619 g/mol. The van der Waals surface area contributed by atoms with Crippen molar-refractivity contribution in [3.8, 4) is 28.2 Å². The fourth-order valence-electron chi connectivity index (χ4n) is 7.70. The largest absolute Gasteiger partial charge is 0.453 e. The van der Waals surface area contributed by atoms with Crippen molar-refractivity contribution in [2.45, 2.75) is 46.5 Å². The van der Waals surface area contributed by atoms with Gasteiger partial charge in [-0.3, -0.25) is 0 Å². The highest BCUT2D eigenvalue weighted by atomic mass is 32.1. The average molecular weight is 657 g/mol. The van der Waals surface area contributed by atoms with Crippen molar-refractivity contribution in [3.05, 3.63) is 126 Å². The van der Waals surface area contributed by atoms with E-state index >= 15 is 0 Å². The maximum Gasteiger partial charge on any atom is 0.299 e. The van der Waals surface area contributed by atoms with Crippen LogP contribution in [0, 0.1) is 6.92 Å². The van der Waals surface area contributed by atoms with Crippen LogP contribution >= 0.6 is 11.3 Å². The number of imidazole rings is 1. The van der Waals surface area contributed by atoms with E-state index in [9.17, 15) is 0 Å². The summed E-state index contributed by atoms with van der Waals surface area (Å²) in [6.45, 7) is 11.5. The molecule has 9 aromatic rings. The molecule has 49 heavy (non-hydrogen) atoms. The van der Waals surface area contributed by atoms with Gasteiger partial charge in [-0.15, -0.1) is 11.3 Å². The van der Waals surface area contributed by atoms with Crippen LogP contribution in [0.15, 0.2) is 114 Å². The molecule has 0 N–H and O–H groups in total. The van der Waals surface area contributed by atoms with Gasteiger partial charge in [0.2, 0.25) is 0 Å². The summed E-state index contributed by atoms with van der Waals surface area (Å²) in [6.07, 6.45) is 0. The molecule has 0 aliphatic carbocycles. The van der Waals surface area contributed by atoms with E-state index in [2.05, 4.69) is 160 Å². The zero-order valence-electron chi connectivity index (χ0n) is 28.7. The average Bonchev–Trinajstić information content (AvgIpc) is 3.75. The molecule has 0 atom stereocenters. The first-order chi connectivity index (χ1) is 23.8. The van der Waals surface area contributed by atoms with Crippen LogP contribution in [0.25, 0.3) is 81.6 Å². The van der Waals surface area contributed by atoms with Gasteiger partial charge in [0.1, 0.15) is 21.6 Å². The molecule has 4 heterocycles. The Morgan fingerprint density at radius 2 is 1.41 bits per heavy atom. The van der Waals surface area contributed by atoms with E-state index in [1.54, 1.807) is 11.3 Å². The molecule has 240 valence electrons. The molecule has 0 aliphatic heterocycles. The fraction of sp³-hybridized carbons (Fsp3) is 0.182. The minimum Gasteiger partial charge on any atom is -0.453 e. The summed E-state index contributed by atoms with van der Waals surface area (Å²) in [5.74, 6) is 1.70. The van der Waals surface area contributed by atoms with Gasteiger partial charge in [0.25, 0.3) is 5.82 Å². The summed E-state index contributed by atoms with van der Waals surface area (Å²) in [4.78, 5) is 6.28. The normalized spacial score (nSPS) is 12.2. The highest BCUT2D eigenvalue weighted by molar-refractivity contribution is 7.25. The highest BCUT2D eigenvalue weighted by Crippen LogP contribution is 2.44. The lowest BCUT2D eigenvalue weighted by atomic mass is 9.88. The summed E-state index contributed by atoms with van der Waals surface area (Å²) < 4.78 is 13.0. The zero-order valence-corrected chi connectivity index (χ0v) is 29.5. The van der Waals surface area contributed by atoms with Gasteiger partial charge in [0, 0.05) is 32.0 Å². The quantitative estimate of drug-likeness (QED) is 0.173. The third-order valence-electron chi connectivity index (χ3n) is 10.2. The van der Waals surface area contributed by atoms with E-state index in [1.165, 1.54) is 49.1 Å². The predicted octanol–water partition coefficient (Wildman–Crippen LogP) is 12.0. The smallest absolute Gasteiger partial charge is 0.299 e. The Balaban J connectivity index is 1.40. The lowest BCUT2D eigenvalue weighted by molar-refractivity contribution is -0.633. The molecule has 0 amide bonds. The number of aryl methyl sites for hydroxylation is 2. The van der Waals surface area contributed by atoms with Gasteiger partial charge >= 0.3 is 0 Å². The standard InChI is InChI=1S/C44H38N3OS/c1-25(2)32-22-29(28-14-8-7-9-15-28)23-33(26(3)4)41(32)47-36-18-12-11-17-35(36)46(6)44(47)39-27(5)20-21-31-40-37(48-42(31)39)24-34-30-16-10-13-19-38(30)49-43(34)45-40/h7-26H,1-6H3/q+1. The van der Waals surface area contributed by atoms with Crippen LogP contribution < -0.4 is 4.57 Å². The van der Waals surface area contributed by atoms with Crippen molar-refractivity contribution < 1.29 is 8.98 Å². The van der Waals surface area contributed by atoms with E-state index in [-0.39, 0.29) is 0 Å². The second kappa shape index (κ2) is 11.1. The fourth-order valence-corrected chi connectivity index (χ4v) is 8.76. The second-order valence-electron chi connectivity index (χ2n) is 13.9. The number of thiophene rings is 1. The third kappa shape index (κ3) is 4.49. The van der Waals surface area contributed by atoms with Crippen LogP contribution in [0.5, 0.6) is 0 Å². The number of rotatable bonds is 5. The predicted molar refractivity (Wildman–Crippen MR) is 206 cm³/mol. The topological polar surface area (TPSA) is 34.8 Å². The number of hydrogen-bond donors (Lipinski definition) is 0. The Kier molecular flexibility index (Phi) is 6.79. The maximum absolute atomic E-state index is 6.93. The third-order valence-corrected chi connectivity index (χ3v) is 11.2. The van der Waals surface area contributed by atoms with Gasteiger partial charge in [-0.2, -0.15) is 4.57 Å². The van der Waals surface area contributed by atoms with Gasteiger partial charge < -0.3 is 4.42 Å². The van der Waals surface area contributed by atoms with Gasteiger partial charge in [0.05, 0.1) is 7.05 Å². The molecule has 0 saturated carbocycles. The van der Waals surface area contributed by atoms with Crippen molar-refractivity contribution in [1.82, 2.24) is 9.55 Å². The minimum atomic E-state index is 0.297. The van der Waals surface area contributed by atoms with Gasteiger partial charge in [-0.1, -0.05) is 94.4 Å². The van der Waals surface area contributed by atoms with Gasteiger partial charge in [-0.05, 0) is 77.9 Å². The molecule has 0 unspecified atom stereocenters. The van der Waals surface area contributed by atoms with Crippen LogP contribution in [0.4, 0.5) is 0 Å². The molecule has 4 aromatic heterocycles. The molecule has 5 aromatic carbocycles. The first kappa shape index (κ1) is 29.8. The highest BCUT2D eigenvalue weighted by Gasteiger charge is 2.34. The number of furan rings is 1. The summed E-state index contributed by atoms with van der Waals surface area (Å²) in [5.41, 5.74) is 13.6. The zero-order chi connectivity index (χ0) is 33.6. The Morgan fingerprint density at radius 3 is 2.16 bits per heavy atom. The lowest BCUT2D eigenvalue weighted by Gasteiger charge is -2.21. The van der Waals surface area contributed by atoms with E-state index in [0.29, 0.717) is 11.8 Å². The molecule has 0 spiro atoms. The summed E-state index contributed by atoms with van der Waals surface area (Å²) >= 11 is 1.74. The number of benzene rings is 5. The van der Waals surface area contributed by atoms with E-state index in [4.69, 9.17) is 9.40 Å². The lowest BCUT2D eigenvalue weighted by Crippen LogP contribution is -2.30. The van der Waals surface area contributed by atoms with Gasteiger partial charge in [-0.25, -0.2) is 9.55 Å². The molecule has 0 bridgehead atoms. The number of aromatic nitrogens is 3. The van der Waals surface area contributed by atoms with Crippen molar-refractivity contribution in [2.24, 2.45) is 7.05 Å². The Bertz CT molecular complexity index is 2710. The summed E-state index contributed by atoms with van der Waals surface area (Å²) in [7, 11) is 2.19. The van der Waals surface area contributed by atoms with Crippen LogP contribution in [0.2, 0.25) is 0 Å². The Labute approximate surface area is 289 Å². The van der Waals surface area contributed by atoms with Crippen LogP contribution in [0.1, 0.15) is 56.2 Å². The molecule has 4 nitrogen and oxygen atoms in total. The number of hydrogen-bond acceptors (Lipinski definition) is 3. The van der Waals surface area contributed by atoms with E-state index in [0.717, 1.165) is 49.2 Å². The molecule has 9 rings (SSSR count). The molecule has 0 fully saturated rings. The number of para-hydroxylation sites is 2.